The number of nitrogens with zero attached hydrogens (tertiary/aromatic N) is 5. The summed E-state index contributed by atoms with van der Waals surface area (Å²) in [6, 6.07) is 5.59. The molecule has 0 aliphatic rings. The number of anilines is 1. The molecule has 3 rings (SSSR count). The third-order valence-electron chi connectivity index (χ3n) is 2.86. The Morgan fingerprint density at radius 1 is 1.10 bits per heavy atom. The minimum Gasteiger partial charge on any atom is -0.330 e. The van der Waals surface area contributed by atoms with Crippen molar-refractivity contribution in [2.24, 2.45) is 7.05 Å². The number of nitrogens with one attached hydrogen (secondary N) is 1. The van der Waals surface area contributed by atoms with Crippen molar-refractivity contribution < 1.29 is 4.79 Å². The van der Waals surface area contributed by atoms with E-state index in [1.807, 2.05) is 18.2 Å². The zero-order valence-corrected chi connectivity index (χ0v) is 11.3. The number of hydrogen-bond donors (Lipinski definition) is 1. The number of aromatic nitrogens is 5. The lowest BCUT2D eigenvalue weighted by Gasteiger charge is -2.04. The highest BCUT2D eigenvalue weighted by Crippen LogP contribution is 2.14. The van der Waals surface area contributed by atoms with Gasteiger partial charge in [-0.2, -0.15) is 0 Å². The maximum absolute atomic E-state index is 12.0. The van der Waals surface area contributed by atoms with E-state index < -0.39 is 0 Å². The highest BCUT2D eigenvalue weighted by atomic mass is 16.2. The molecule has 0 aliphatic carbocycles. The third kappa shape index (κ3) is 2.76. The highest BCUT2D eigenvalue weighted by molar-refractivity contribution is 6.00. The summed E-state index contributed by atoms with van der Waals surface area (Å²) in [5.74, 6) is 0.170. The van der Waals surface area contributed by atoms with Crippen molar-refractivity contribution >= 4 is 11.9 Å². The van der Waals surface area contributed by atoms with E-state index in [-0.39, 0.29) is 11.9 Å². The Kier molecular flexibility index (Phi) is 3.38. The van der Waals surface area contributed by atoms with Gasteiger partial charge in [0.1, 0.15) is 0 Å². The molecule has 0 atom stereocenters. The topological polar surface area (TPSA) is 85.6 Å². The van der Waals surface area contributed by atoms with Crippen LogP contribution in [-0.2, 0) is 7.05 Å². The van der Waals surface area contributed by atoms with E-state index in [9.17, 15) is 4.79 Å². The minimum absolute atomic E-state index is 0.225. The van der Waals surface area contributed by atoms with Crippen LogP contribution in [0.5, 0.6) is 0 Å². The smallest absolute Gasteiger partial charge is 0.294 e. The number of carbonyl (C=O) groups excluding carboxylic acids is 1. The molecule has 1 amide bonds. The van der Waals surface area contributed by atoms with Crippen molar-refractivity contribution in [1.29, 1.82) is 0 Å². The normalized spacial score (nSPS) is 10.3. The number of hydrogen-bond acceptors (Lipinski definition) is 5. The molecule has 0 spiro atoms. The molecule has 0 aromatic carbocycles. The predicted molar refractivity (Wildman–Crippen MR) is 76.4 cm³/mol. The van der Waals surface area contributed by atoms with Gasteiger partial charge in [0, 0.05) is 43.6 Å². The Hall–Kier alpha value is -3.09. The van der Waals surface area contributed by atoms with Crippen molar-refractivity contribution in [1.82, 2.24) is 24.5 Å². The summed E-state index contributed by atoms with van der Waals surface area (Å²) in [5, 5.41) is 2.60. The summed E-state index contributed by atoms with van der Waals surface area (Å²) in [7, 11) is 1.74. The van der Waals surface area contributed by atoms with E-state index in [1.54, 1.807) is 42.6 Å². The van der Waals surface area contributed by atoms with Crippen LogP contribution in [0, 0.1) is 0 Å². The van der Waals surface area contributed by atoms with Crippen LogP contribution < -0.4 is 5.32 Å². The van der Waals surface area contributed by atoms with Gasteiger partial charge in [0.2, 0.25) is 5.95 Å². The number of rotatable bonds is 3. The predicted octanol–water partition coefficient (Wildman–Crippen LogP) is 1.52. The molecule has 0 saturated carbocycles. The third-order valence-corrected chi connectivity index (χ3v) is 2.86. The first-order valence-corrected chi connectivity index (χ1v) is 6.26. The van der Waals surface area contributed by atoms with E-state index in [0.29, 0.717) is 5.82 Å². The fourth-order valence-corrected chi connectivity index (χ4v) is 1.80. The average Bonchev–Trinajstić information content (AvgIpc) is 2.95. The second-order valence-corrected chi connectivity index (χ2v) is 4.33. The maximum Gasteiger partial charge on any atom is 0.294 e. The fraction of sp³-hybridized carbons (Fsp3) is 0.0714. The average molecular weight is 280 g/mol. The number of amides is 1. The number of imidazole rings is 1. The van der Waals surface area contributed by atoms with Crippen molar-refractivity contribution in [2.75, 3.05) is 5.32 Å². The summed E-state index contributed by atoms with van der Waals surface area (Å²) in [6.07, 6.45) is 8.18. The molecule has 7 nitrogen and oxygen atoms in total. The minimum atomic E-state index is -0.354. The van der Waals surface area contributed by atoms with Crippen LogP contribution in [0.15, 0.2) is 49.2 Å². The molecular formula is C14H12N6O. The van der Waals surface area contributed by atoms with Crippen molar-refractivity contribution in [3.63, 3.8) is 0 Å². The molecule has 3 aromatic rings. The highest BCUT2D eigenvalue weighted by Gasteiger charge is 2.12. The molecule has 0 saturated heterocycles. The molecule has 1 N–H and O–H groups in total. The van der Waals surface area contributed by atoms with Gasteiger partial charge in [0.25, 0.3) is 5.91 Å². The van der Waals surface area contributed by atoms with Crippen LogP contribution in [0.25, 0.3) is 11.3 Å². The van der Waals surface area contributed by atoms with Crippen LogP contribution in [-0.4, -0.2) is 30.4 Å². The van der Waals surface area contributed by atoms with Crippen LogP contribution in [0.3, 0.4) is 0 Å². The number of pyridine rings is 1. The zero-order chi connectivity index (χ0) is 14.7. The van der Waals surface area contributed by atoms with Crippen molar-refractivity contribution in [2.45, 2.75) is 0 Å². The molecule has 3 heterocycles. The largest absolute Gasteiger partial charge is 0.330 e. The Morgan fingerprint density at radius 3 is 2.52 bits per heavy atom. The Morgan fingerprint density at radius 2 is 1.90 bits per heavy atom. The van der Waals surface area contributed by atoms with Gasteiger partial charge in [0.15, 0.2) is 5.82 Å². The first kappa shape index (κ1) is 12.9. The van der Waals surface area contributed by atoms with E-state index in [1.165, 1.54) is 0 Å². The number of carbonyl (C=O) groups is 1. The molecule has 7 heteroatoms. The SMILES string of the molecule is Cn1ccnc1C(=O)Nc1ncc(-c2ccccn2)cn1. The second kappa shape index (κ2) is 5.49. The molecule has 21 heavy (non-hydrogen) atoms. The molecule has 0 unspecified atom stereocenters. The van der Waals surface area contributed by atoms with Gasteiger partial charge >= 0.3 is 0 Å². The van der Waals surface area contributed by atoms with Gasteiger partial charge in [-0.15, -0.1) is 0 Å². The standard InChI is InChI=1S/C14H12N6O/c1-20-7-6-16-12(20)13(21)19-14-17-8-10(9-18-14)11-4-2-3-5-15-11/h2-9H,1H3,(H,17,18,19,21). The van der Waals surface area contributed by atoms with Gasteiger partial charge in [-0.05, 0) is 12.1 Å². The molecule has 0 bridgehead atoms. The van der Waals surface area contributed by atoms with Gasteiger partial charge in [-0.3, -0.25) is 15.1 Å². The molecule has 0 radical (unpaired) electrons. The summed E-state index contributed by atoms with van der Waals surface area (Å²) < 4.78 is 1.62. The fourth-order valence-electron chi connectivity index (χ4n) is 1.80. The lowest BCUT2D eigenvalue weighted by molar-refractivity contribution is 0.101. The zero-order valence-electron chi connectivity index (χ0n) is 11.3. The molecule has 0 fully saturated rings. The molecular weight excluding hydrogens is 268 g/mol. The maximum atomic E-state index is 12.0. The van der Waals surface area contributed by atoms with Crippen LogP contribution in [0.1, 0.15) is 10.6 Å². The molecule has 3 aromatic heterocycles. The summed E-state index contributed by atoms with van der Waals surface area (Å²) in [5.41, 5.74) is 1.56. The van der Waals surface area contributed by atoms with Gasteiger partial charge in [-0.1, -0.05) is 6.07 Å². The number of aryl methyl sites for hydroxylation is 1. The monoisotopic (exact) mass is 280 g/mol. The van der Waals surface area contributed by atoms with Crippen LogP contribution in [0.4, 0.5) is 5.95 Å². The van der Waals surface area contributed by atoms with E-state index in [0.717, 1.165) is 11.3 Å². The van der Waals surface area contributed by atoms with Crippen molar-refractivity contribution in [3.05, 3.63) is 55.0 Å². The second-order valence-electron chi connectivity index (χ2n) is 4.33. The lowest BCUT2D eigenvalue weighted by atomic mass is 10.2. The van der Waals surface area contributed by atoms with Gasteiger partial charge in [0.05, 0.1) is 5.69 Å². The Labute approximate surface area is 120 Å². The molecule has 104 valence electrons. The first-order chi connectivity index (χ1) is 10.2. The summed E-state index contributed by atoms with van der Waals surface area (Å²) in [4.78, 5) is 28.4. The van der Waals surface area contributed by atoms with E-state index in [2.05, 4.69) is 25.3 Å². The van der Waals surface area contributed by atoms with Gasteiger partial charge in [-0.25, -0.2) is 15.0 Å². The summed E-state index contributed by atoms with van der Waals surface area (Å²) >= 11 is 0. The van der Waals surface area contributed by atoms with Crippen molar-refractivity contribution in [3.8, 4) is 11.3 Å². The lowest BCUT2D eigenvalue weighted by Crippen LogP contribution is -2.18. The summed E-state index contributed by atoms with van der Waals surface area (Å²) in [6.45, 7) is 0. The van der Waals surface area contributed by atoms with Gasteiger partial charge < -0.3 is 4.57 Å². The quantitative estimate of drug-likeness (QED) is 0.786. The molecule has 0 aliphatic heterocycles. The Balaban J connectivity index is 1.76. The van der Waals surface area contributed by atoms with E-state index in [4.69, 9.17) is 0 Å². The van der Waals surface area contributed by atoms with Crippen LogP contribution in [0.2, 0.25) is 0 Å². The Bertz CT molecular complexity index is 751. The van der Waals surface area contributed by atoms with Crippen LogP contribution >= 0.6 is 0 Å². The van der Waals surface area contributed by atoms with E-state index >= 15 is 0 Å². The first-order valence-electron chi connectivity index (χ1n) is 6.26.